The Labute approximate surface area is 100 Å². The van der Waals surface area contributed by atoms with Gasteiger partial charge in [-0.3, -0.25) is 4.79 Å². The SMILES string of the molecule is COC(=O)C(N)Cc1cccc(C#N)c1.Cl. The molecule has 0 radical (unpaired) electrons. The molecule has 5 heteroatoms. The van der Waals surface area contributed by atoms with Crippen molar-refractivity contribution in [2.45, 2.75) is 12.5 Å². The Hall–Kier alpha value is -1.57. The molecule has 0 aliphatic heterocycles. The second-order valence-corrected chi connectivity index (χ2v) is 3.15. The molecule has 0 aromatic heterocycles. The van der Waals surface area contributed by atoms with Gasteiger partial charge in [-0.25, -0.2) is 0 Å². The number of ether oxygens (including phenoxy) is 1. The number of rotatable bonds is 3. The van der Waals surface area contributed by atoms with E-state index in [9.17, 15) is 4.79 Å². The second kappa shape index (κ2) is 6.83. The lowest BCUT2D eigenvalue weighted by Crippen LogP contribution is -2.33. The predicted molar refractivity (Wildman–Crippen MR) is 62.1 cm³/mol. The summed E-state index contributed by atoms with van der Waals surface area (Å²) in [6.07, 6.45) is 0.377. The number of halogens is 1. The number of esters is 1. The third kappa shape index (κ3) is 3.89. The first kappa shape index (κ1) is 14.4. The van der Waals surface area contributed by atoms with Crippen LogP contribution in [0.1, 0.15) is 11.1 Å². The zero-order valence-electron chi connectivity index (χ0n) is 8.84. The van der Waals surface area contributed by atoms with E-state index in [0.29, 0.717) is 12.0 Å². The minimum atomic E-state index is -0.677. The quantitative estimate of drug-likeness (QED) is 0.801. The fourth-order valence-electron chi connectivity index (χ4n) is 1.26. The summed E-state index contributed by atoms with van der Waals surface area (Å²) in [5.41, 5.74) is 7.01. The van der Waals surface area contributed by atoms with Gasteiger partial charge >= 0.3 is 5.97 Å². The highest BCUT2D eigenvalue weighted by Crippen LogP contribution is 2.06. The Morgan fingerprint density at radius 2 is 2.31 bits per heavy atom. The molecule has 1 unspecified atom stereocenters. The Balaban J connectivity index is 0.00000225. The predicted octanol–water partition coefficient (Wildman–Crippen LogP) is 1.02. The highest BCUT2D eigenvalue weighted by atomic mass is 35.5. The standard InChI is InChI=1S/C11H12N2O2.ClH/c1-15-11(14)10(13)6-8-3-2-4-9(5-8)7-12;/h2-5,10H,6,13H2,1H3;1H. The zero-order valence-corrected chi connectivity index (χ0v) is 9.66. The van der Waals surface area contributed by atoms with E-state index in [4.69, 9.17) is 11.0 Å². The van der Waals surface area contributed by atoms with E-state index in [-0.39, 0.29) is 12.4 Å². The maximum absolute atomic E-state index is 11.1. The first-order valence-electron chi connectivity index (χ1n) is 4.50. The van der Waals surface area contributed by atoms with Gasteiger partial charge in [0.2, 0.25) is 0 Å². The number of hydrogen-bond acceptors (Lipinski definition) is 4. The zero-order chi connectivity index (χ0) is 11.3. The molecule has 0 saturated carbocycles. The molecule has 2 N–H and O–H groups in total. The lowest BCUT2D eigenvalue weighted by Gasteiger charge is -2.08. The highest BCUT2D eigenvalue weighted by Gasteiger charge is 2.13. The minimum Gasteiger partial charge on any atom is -0.468 e. The van der Waals surface area contributed by atoms with E-state index >= 15 is 0 Å². The highest BCUT2D eigenvalue weighted by molar-refractivity contribution is 5.85. The van der Waals surface area contributed by atoms with Crippen molar-refractivity contribution >= 4 is 18.4 Å². The Bertz CT molecular complexity index is 401. The number of nitriles is 1. The van der Waals surface area contributed by atoms with Crippen LogP contribution in [0.25, 0.3) is 0 Å². The van der Waals surface area contributed by atoms with Gasteiger partial charge in [0, 0.05) is 0 Å². The molecule has 0 spiro atoms. The maximum Gasteiger partial charge on any atom is 0.322 e. The van der Waals surface area contributed by atoms with Gasteiger partial charge in [0.1, 0.15) is 6.04 Å². The molecular weight excluding hydrogens is 228 g/mol. The van der Waals surface area contributed by atoms with Crippen molar-refractivity contribution in [3.63, 3.8) is 0 Å². The summed E-state index contributed by atoms with van der Waals surface area (Å²) >= 11 is 0. The smallest absolute Gasteiger partial charge is 0.322 e. The van der Waals surface area contributed by atoms with Gasteiger partial charge in [-0.2, -0.15) is 5.26 Å². The van der Waals surface area contributed by atoms with Crippen LogP contribution >= 0.6 is 12.4 Å². The third-order valence-electron chi connectivity index (χ3n) is 2.02. The number of methoxy groups -OCH3 is 1. The third-order valence-corrected chi connectivity index (χ3v) is 2.02. The van der Waals surface area contributed by atoms with Gasteiger partial charge in [-0.15, -0.1) is 12.4 Å². The Morgan fingerprint density at radius 1 is 1.62 bits per heavy atom. The number of nitrogens with zero attached hydrogens (tertiary/aromatic N) is 1. The molecular formula is C11H13ClN2O2. The van der Waals surface area contributed by atoms with E-state index in [1.54, 1.807) is 18.2 Å². The topological polar surface area (TPSA) is 76.1 Å². The molecule has 0 aliphatic rings. The Kier molecular flexibility index (Phi) is 6.16. The molecule has 1 aromatic carbocycles. The average molecular weight is 241 g/mol. The van der Waals surface area contributed by atoms with Crippen molar-refractivity contribution in [3.8, 4) is 6.07 Å². The number of benzene rings is 1. The van der Waals surface area contributed by atoms with Crippen molar-refractivity contribution < 1.29 is 9.53 Å². The van der Waals surface area contributed by atoms with Crippen LogP contribution in [0.15, 0.2) is 24.3 Å². The van der Waals surface area contributed by atoms with Crippen LogP contribution in [-0.2, 0) is 16.0 Å². The minimum absolute atomic E-state index is 0. The van der Waals surface area contributed by atoms with Crippen molar-refractivity contribution in [1.82, 2.24) is 0 Å². The number of hydrogen-bond donors (Lipinski definition) is 1. The number of carbonyl (C=O) groups excluding carboxylic acids is 1. The van der Waals surface area contributed by atoms with Crippen LogP contribution in [-0.4, -0.2) is 19.1 Å². The first-order chi connectivity index (χ1) is 7.17. The summed E-state index contributed by atoms with van der Waals surface area (Å²) in [5, 5.41) is 8.68. The van der Waals surface area contributed by atoms with Crippen molar-refractivity contribution in [2.24, 2.45) is 5.73 Å². The van der Waals surface area contributed by atoms with Crippen LogP contribution in [0.3, 0.4) is 0 Å². The van der Waals surface area contributed by atoms with Gasteiger partial charge in [0.05, 0.1) is 18.7 Å². The largest absolute Gasteiger partial charge is 0.468 e. The Morgan fingerprint density at radius 3 is 2.88 bits per heavy atom. The second-order valence-electron chi connectivity index (χ2n) is 3.15. The molecule has 0 heterocycles. The molecule has 86 valence electrons. The lowest BCUT2D eigenvalue weighted by molar-refractivity contribution is -0.142. The van der Waals surface area contributed by atoms with Crippen LogP contribution in [0.2, 0.25) is 0 Å². The van der Waals surface area contributed by atoms with Gasteiger partial charge in [-0.1, -0.05) is 12.1 Å². The summed E-state index contributed by atoms with van der Waals surface area (Å²) in [6.45, 7) is 0. The van der Waals surface area contributed by atoms with Crippen LogP contribution < -0.4 is 5.73 Å². The molecule has 0 amide bonds. The summed E-state index contributed by atoms with van der Waals surface area (Å²) in [4.78, 5) is 11.1. The van der Waals surface area contributed by atoms with Crippen LogP contribution in [0.5, 0.6) is 0 Å². The van der Waals surface area contributed by atoms with Crippen molar-refractivity contribution in [2.75, 3.05) is 7.11 Å². The summed E-state index contributed by atoms with van der Waals surface area (Å²) < 4.78 is 4.51. The van der Waals surface area contributed by atoms with Gasteiger partial charge in [0.25, 0.3) is 0 Å². The summed E-state index contributed by atoms with van der Waals surface area (Å²) in [7, 11) is 1.30. The molecule has 1 rings (SSSR count). The van der Waals surface area contributed by atoms with E-state index in [1.165, 1.54) is 7.11 Å². The molecule has 0 bridgehead atoms. The molecule has 16 heavy (non-hydrogen) atoms. The first-order valence-corrected chi connectivity index (χ1v) is 4.50. The van der Waals surface area contributed by atoms with Gasteiger partial charge in [0.15, 0.2) is 0 Å². The van der Waals surface area contributed by atoms with Gasteiger partial charge < -0.3 is 10.5 Å². The average Bonchev–Trinajstić information content (AvgIpc) is 2.28. The number of carbonyl (C=O) groups is 1. The van der Waals surface area contributed by atoms with E-state index < -0.39 is 12.0 Å². The molecule has 1 aromatic rings. The summed E-state index contributed by atoms with van der Waals surface area (Å²) in [5.74, 6) is -0.447. The number of nitrogens with two attached hydrogens (primary N) is 1. The molecule has 1 atom stereocenters. The monoisotopic (exact) mass is 240 g/mol. The normalized spacial score (nSPS) is 10.8. The molecule has 0 aliphatic carbocycles. The summed E-state index contributed by atoms with van der Waals surface area (Å²) in [6, 6.07) is 8.35. The lowest BCUT2D eigenvalue weighted by atomic mass is 10.0. The van der Waals surface area contributed by atoms with Gasteiger partial charge in [-0.05, 0) is 24.1 Å². The van der Waals surface area contributed by atoms with Crippen molar-refractivity contribution in [1.29, 1.82) is 5.26 Å². The van der Waals surface area contributed by atoms with E-state index in [2.05, 4.69) is 4.74 Å². The van der Waals surface area contributed by atoms with E-state index in [0.717, 1.165) is 5.56 Å². The molecule has 0 saturated heterocycles. The van der Waals surface area contributed by atoms with Crippen molar-refractivity contribution in [3.05, 3.63) is 35.4 Å². The van der Waals surface area contributed by atoms with Crippen LogP contribution in [0.4, 0.5) is 0 Å². The van der Waals surface area contributed by atoms with Crippen LogP contribution in [0, 0.1) is 11.3 Å². The molecule has 4 nitrogen and oxygen atoms in total. The molecule has 0 fully saturated rings. The maximum atomic E-state index is 11.1. The fraction of sp³-hybridized carbons (Fsp3) is 0.273. The fourth-order valence-corrected chi connectivity index (χ4v) is 1.26. The van der Waals surface area contributed by atoms with E-state index in [1.807, 2.05) is 12.1 Å².